The van der Waals surface area contributed by atoms with Crippen LogP contribution in [0.3, 0.4) is 0 Å². The number of aromatic nitrogens is 1. The van der Waals surface area contributed by atoms with Crippen molar-refractivity contribution in [3.05, 3.63) is 34.3 Å². The average molecular weight is 340 g/mol. The fourth-order valence-corrected chi connectivity index (χ4v) is 6.04. The molecule has 0 spiro atoms. The number of nitrogens with zero attached hydrogens (tertiary/aromatic N) is 1. The number of benzene rings is 1. The number of carbonyl (C=O) groups excluding carboxylic acids is 1. The number of aryl methyl sites for hydroxylation is 1. The van der Waals surface area contributed by atoms with E-state index in [-0.39, 0.29) is 17.1 Å². The van der Waals surface area contributed by atoms with Crippen LogP contribution in [0.2, 0.25) is 0 Å². The number of nitrogens with one attached hydrogen (secondary N) is 1. The molecule has 1 N–H and O–H groups in total. The second kappa shape index (κ2) is 5.23. The van der Waals surface area contributed by atoms with Gasteiger partial charge in [-0.25, -0.2) is 4.79 Å². The predicted molar refractivity (Wildman–Crippen MR) is 93.9 cm³/mol. The summed E-state index contributed by atoms with van der Waals surface area (Å²) in [6.45, 7) is 0.510. The SMILES string of the molecule is Cn1c(=O)oc2ccc(CNC(=O)C34CC5CC(CC(C5)C3)C4)cc21. The highest BCUT2D eigenvalue weighted by Gasteiger charge is 2.54. The van der Waals surface area contributed by atoms with Gasteiger partial charge in [-0.15, -0.1) is 0 Å². The molecule has 5 nitrogen and oxygen atoms in total. The molecule has 4 aliphatic rings. The van der Waals surface area contributed by atoms with Crippen molar-refractivity contribution in [1.82, 2.24) is 9.88 Å². The largest absolute Gasteiger partial charge is 0.419 e. The summed E-state index contributed by atoms with van der Waals surface area (Å²) >= 11 is 0. The summed E-state index contributed by atoms with van der Waals surface area (Å²) in [7, 11) is 1.70. The molecule has 132 valence electrons. The Kier molecular flexibility index (Phi) is 3.19. The van der Waals surface area contributed by atoms with Crippen molar-refractivity contribution < 1.29 is 9.21 Å². The Hall–Kier alpha value is -2.04. The van der Waals surface area contributed by atoms with Crippen LogP contribution in [-0.2, 0) is 18.4 Å². The molecule has 2 aromatic rings. The highest BCUT2D eigenvalue weighted by molar-refractivity contribution is 5.83. The number of oxazole rings is 1. The van der Waals surface area contributed by atoms with E-state index in [1.165, 1.54) is 23.8 Å². The molecule has 0 radical (unpaired) electrons. The number of fused-ring (bicyclic) bond motifs is 1. The van der Waals surface area contributed by atoms with E-state index in [0.717, 1.165) is 48.1 Å². The summed E-state index contributed by atoms with van der Waals surface area (Å²) in [6.07, 6.45) is 7.29. The van der Waals surface area contributed by atoms with E-state index in [1.807, 2.05) is 18.2 Å². The lowest BCUT2D eigenvalue weighted by Gasteiger charge is -2.55. The summed E-state index contributed by atoms with van der Waals surface area (Å²) in [5.41, 5.74) is 2.25. The van der Waals surface area contributed by atoms with Gasteiger partial charge in [0.05, 0.1) is 5.52 Å². The van der Waals surface area contributed by atoms with Gasteiger partial charge in [-0.1, -0.05) is 6.07 Å². The van der Waals surface area contributed by atoms with Crippen LogP contribution in [0.5, 0.6) is 0 Å². The Balaban J connectivity index is 1.34. The summed E-state index contributed by atoms with van der Waals surface area (Å²) in [5, 5.41) is 3.19. The van der Waals surface area contributed by atoms with Gasteiger partial charge in [-0.2, -0.15) is 0 Å². The first-order chi connectivity index (χ1) is 12.0. The summed E-state index contributed by atoms with van der Waals surface area (Å²) in [5.74, 6) is 2.20. The zero-order chi connectivity index (χ0) is 17.2. The highest BCUT2D eigenvalue weighted by atomic mass is 16.4. The third-order valence-electron chi connectivity index (χ3n) is 6.83. The van der Waals surface area contributed by atoms with Crippen molar-refractivity contribution in [2.24, 2.45) is 30.2 Å². The van der Waals surface area contributed by atoms with Crippen LogP contribution in [0.25, 0.3) is 11.1 Å². The number of hydrogen-bond donors (Lipinski definition) is 1. The zero-order valence-corrected chi connectivity index (χ0v) is 14.6. The topological polar surface area (TPSA) is 64.2 Å². The Morgan fingerprint density at radius 1 is 1.20 bits per heavy atom. The standard InChI is InChI=1S/C20H24N2O3/c1-22-16-7-12(2-3-17(16)25-19(22)24)11-21-18(23)20-8-13-4-14(9-20)6-15(5-13)10-20/h2-3,7,13-15H,4-6,8-11H2,1H3,(H,21,23). The summed E-state index contributed by atoms with van der Waals surface area (Å²) < 4.78 is 6.66. The lowest BCUT2D eigenvalue weighted by atomic mass is 9.49. The minimum absolute atomic E-state index is 0.110. The van der Waals surface area contributed by atoms with Gasteiger partial charge in [0.1, 0.15) is 0 Å². The highest BCUT2D eigenvalue weighted by Crippen LogP contribution is 2.60. The third kappa shape index (κ3) is 2.35. The van der Waals surface area contributed by atoms with Crippen LogP contribution in [0, 0.1) is 23.2 Å². The number of amides is 1. The first-order valence-corrected chi connectivity index (χ1v) is 9.39. The smallest absolute Gasteiger partial charge is 0.408 e. The molecule has 4 fully saturated rings. The number of carbonyl (C=O) groups is 1. The van der Waals surface area contributed by atoms with Crippen molar-refractivity contribution in [1.29, 1.82) is 0 Å². The van der Waals surface area contributed by atoms with Crippen LogP contribution in [0.15, 0.2) is 27.4 Å². The normalized spacial score (nSPS) is 33.1. The minimum Gasteiger partial charge on any atom is -0.408 e. The zero-order valence-electron chi connectivity index (χ0n) is 14.6. The van der Waals surface area contributed by atoms with Crippen LogP contribution < -0.4 is 11.1 Å². The molecule has 25 heavy (non-hydrogen) atoms. The summed E-state index contributed by atoms with van der Waals surface area (Å²) in [6, 6.07) is 5.66. The lowest BCUT2D eigenvalue weighted by molar-refractivity contribution is -0.146. The maximum Gasteiger partial charge on any atom is 0.419 e. The number of rotatable bonds is 3. The van der Waals surface area contributed by atoms with Gasteiger partial charge in [-0.05, 0) is 74.0 Å². The first kappa shape index (κ1) is 15.2. The summed E-state index contributed by atoms with van der Waals surface area (Å²) in [4.78, 5) is 24.6. The molecule has 1 amide bonds. The van der Waals surface area contributed by atoms with Gasteiger partial charge in [0.25, 0.3) is 0 Å². The second-order valence-electron chi connectivity index (χ2n) is 8.61. The third-order valence-corrected chi connectivity index (χ3v) is 6.83. The van der Waals surface area contributed by atoms with Crippen molar-refractivity contribution in [3.8, 4) is 0 Å². The fourth-order valence-electron chi connectivity index (χ4n) is 6.04. The van der Waals surface area contributed by atoms with Crippen LogP contribution >= 0.6 is 0 Å². The van der Waals surface area contributed by atoms with E-state index >= 15 is 0 Å². The minimum atomic E-state index is -0.357. The van der Waals surface area contributed by atoms with E-state index in [0.29, 0.717) is 12.1 Å². The molecule has 1 heterocycles. The van der Waals surface area contributed by atoms with Crippen LogP contribution in [0.4, 0.5) is 0 Å². The molecule has 1 aromatic carbocycles. The van der Waals surface area contributed by atoms with Crippen molar-refractivity contribution in [2.75, 3.05) is 0 Å². The second-order valence-corrected chi connectivity index (χ2v) is 8.61. The molecular formula is C20H24N2O3. The molecule has 5 heteroatoms. The van der Waals surface area contributed by atoms with Gasteiger partial charge in [0.15, 0.2) is 5.58 Å². The Bertz CT molecular complexity index is 872. The van der Waals surface area contributed by atoms with E-state index in [2.05, 4.69) is 5.32 Å². The maximum atomic E-state index is 13.0. The molecule has 0 aliphatic heterocycles. The van der Waals surface area contributed by atoms with Crippen molar-refractivity contribution in [3.63, 3.8) is 0 Å². The van der Waals surface area contributed by atoms with Gasteiger partial charge in [0, 0.05) is 19.0 Å². The molecular weight excluding hydrogens is 316 g/mol. The lowest BCUT2D eigenvalue weighted by Crippen LogP contribution is -2.53. The van der Waals surface area contributed by atoms with Crippen molar-refractivity contribution in [2.45, 2.75) is 45.1 Å². The molecule has 4 aliphatic carbocycles. The molecule has 0 saturated heterocycles. The average Bonchev–Trinajstić information content (AvgIpc) is 2.86. The molecule has 4 bridgehead atoms. The van der Waals surface area contributed by atoms with E-state index in [1.54, 1.807) is 7.05 Å². The monoisotopic (exact) mass is 340 g/mol. The quantitative estimate of drug-likeness (QED) is 0.934. The van der Waals surface area contributed by atoms with Gasteiger partial charge in [-0.3, -0.25) is 9.36 Å². The van der Waals surface area contributed by atoms with Gasteiger partial charge < -0.3 is 9.73 Å². The van der Waals surface area contributed by atoms with Crippen molar-refractivity contribution >= 4 is 17.0 Å². The maximum absolute atomic E-state index is 13.0. The van der Waals surface area contributed by atoms with Gasteiger partial charge in [0.2, 0.25) is 5.91 Å². The fraction of sp³-hybridized carbons (Fsp3) is 0.600. The first-order valence-electron chi connectivity index (χ1n) is 9.39. The van der Waals surface area contributed by atoms with Crippen LogP contribution in [0.1, 0.15) is 44.1 Å². The van der Waals surface area contributed by atoms with Gasteiger partial charge >= 0.3 is 5.76 Å². The molecule has 0 atom stereocenters. The Labute approximate surface area is 146 Å². The molecule has 0 unspecified atom stereocenters. The Morgan fingerprint density at radius 3 is 2.48 bits per heavy atom. The van der Waals surface area contributed by atoms with E-state index in [9.17, 15) is 9.59 Å². The van der Waals surface area contributed by atoms with Crippen LogP contribution in [-0.4, -0.2) is 10.5 Å². The molecule has 4 saturated carbocycles. The Morgan fingerprint density at radius 2 is 1.84 bits per heavy atom. The number of hydrogen-bond acceptors (Lipinski definition) is 3. The molecule has 6 rings (SSSR count). The molecule has 1 aromatic heterocycles. The van der Waals surface area contributed by atoms with E-state index < -0.39 is 0 Å². The predicted octanol–water partition coefficient (Wildman–Crippen LogP) is 2.96. The van der Waals surface area contributed by atoms with E-state index in [4.69, 9.17) is 4.42 Å².